The fraction of sp³-hybridized carbons (Fsp3) is 0.471. The van der Waals surface area contributed by atoms with E-state index in [0.29, 0.717) is 19.1 Å². The normalized spacial score (nSPS) is 14.8. The zero-order chi connectivity index (χ0) is 16.1. The van der Waals surface area contributed by atoms with Gasteiger partial charge in [0.15, 0.2) is 0 Å². The van der Waals surface area contributed by atoms with Gasteiger partial charge in [-0.3, -0.25) is 4.79 Å². The highest BCUT2D eigenvalue weighted by Gasteiger charge is 2.20. The van der Waals surface area contributed by atoms with Crippen LogP contribution >= 0.6 is 0 Å². The Balaban J connectivity index is 2.46. The molecule has 0 bridgehead atoms. The van der Waals surface area contributed by atoms with Gasteiger partial charge in [0.25, 0.3) is 0 Å². The lowest BCUT2D eigenvalue weighted by Gasteiger charge is -2.31. The summed E-state index contributed by atoms with van der Waals surface area (Å²) in [6.07, 6.45) is 1.28. The van der Waals surface area contributed by atoms with E-state index in [1.54, 1.807) is 7.11 Å². The second-order valence-corrected chi connectivity index (χ2v) is 5.56. The number of benzene rings is 1. The Kier molecular flexibility index (Phi) is 5.44. The molecule has 0 saturated carbocycles. The molecule has 5 heteroatoms. The van der Waals surface area contributed by atoms with E-state index in [1.807, 2.05) is 12.1 Å². The van der Waals surface area contributed by atoms with Gasteiger partial charge in [0.2, 0.25) is 5.91 Å². The molecule has 1 fully saturated rings. The minimum Gasteiger partial charge on any atom is -0.496 e. The Morgan fingerprint density at radius 3 is 2.64 bits per heavy atom. The Hall–Kier alpha value is -2.01. The van der Waals surface area contributed by atoms with Gasteiger partial charge in [-0.25, -0.2) is 0 Å². The third-order valence-corrected chi connectivity index (χ3v) is 3.77. The average Bonchev–Trinajstić information content (AvgIpc) is 2.55. The maximum atomic E-state index is 11.7. The summed E-state index contributed by atoms with van der Waals surface area (Å²) in [6, 6.07) is 4.00. The third-order valence-electron chi connectivity index (χ3n) is 3.77. The van der Waals surface area contributed by atoms with Crippen molar-refractivity contribution in [2.75, 3.05) is 43.6 Å². The van der Waals surface area contributed by atoms with E-state index in [1.165, 1.54) is 6.08 Å². The molecule has 0 spiro atoms. The number of carbonyl (C=O) groups is 1. The summed E-state index contributed by atoms with van der Waals surface area (Å²) in [6.45, 7) is 10.7. The Labute approximate surface area is 131 Å². The van der Waals surface area contributed by atoms with Gasteiger partial charge in [-0.05, 0) is 23.6 Å². The fourth-order valence-corrected chi connectivity index (χ4v) is 2.56. The molecule has 1 aromatic rings. The molecule has 1 N–H and O–H groups in total. The van der Waals surface area contributed by atoms with Gasteiger partial charge in [0.1, 0.15) is 5.75 Å². The van der Waals surface area contributed by atoms with E-state index in [9.17, 15) is 4.79 Å². The number of methoxy groups -OCH3 is 1. The van der Waals surface area contributed by atoms with Gasteiger partial charge in [-0.1, -0.05) is 20.4 Å². The van der Waals surface area contributed by atoms with E-state index in [0.717, 1.165) is 35.8 Å². The highest BCUT2D eigenvalue weighted by Crippen LogP contribution is 2.37. The molecule has 1 aliphatic heterocycles. The van der Waals surface area contributed by atoms with Gasteiger partial charge in [-0.15, -0.1) is 0 Å². The van der Waals surface area contributed by atoms with E-state index in [2.05, 4.69) is 30.6 Å². The van der Waals surface area contributed by atoms with E-state index < -0.39 is 0 Å². The quantitative estimate of drug-likeness (QED) is 0.850. The van der Waals surface area contributed by atoms with Crippen molar-refractivity contribution in [3.8, 4) is 5.75 Å². The SMILES string of the molecule is C=CC(=O)Nc1cc(C(C)C)c(OC)cc1N1CCOCC1. The summed E-state index contributed by atoms with van der Waals surface area (Å²) in [7, 11) is 1.67. The van der Waals surface area contributed by atoms with Gasteiger partial charge in [0.05, 0.1) is 31.7 Å². The van der Waals surface area contributed by atoms with Crippen LogP contribution in [-0.4, -0.2) is 39.3 Å². The highest BCUT2D eigenvalue weighted by atomic mass is 16.5. The van der Waals surface area contributed by atoms with Crippen LogP contribution < -0.4 is 15.0 Å². The van der Waals surface area contributed by atoms with Gasteiger partial charge in [0, 0.05) is 19.2 Å². The second kappa shape index (κ2) is 7.31. The topological polar surface area (TPSA) is 50.8 Å². The van der Waals surface area contributed by atoms with Crippen LogP contribution in [-0.2, 0) is 9.53 Å². The molecule has 0 aromatic heterocycles. The number of hydrogen-bond donors (Lipinski definition) is 1. The van der Waals surface area contributed by atoms with Crippen LogP contribution in [0.3, 0.4) is 0 Å². The number of hydrogen-bond acceptors (Lipinski definition) is 4. The number of anilines is 2. The molecular formula is C17H24N2O3. The number of morpholine rings is 1. The molecule has 0 atom stereocenters. The summed E-state index contributed by atoms with van der Waals surface area (Å²) in [5.41, 5.74) is 2.81. The average molecular weight is 304 g/mol. The van der Waals surface area contributed by atoms with Gasteiger partial charge >= 0.3 is 0 Å². The molecule has 2 rings (SSSR count). The van der Waals surface area contributed by atoms with E-state index in [4.69, 9.17) is 9.47 Å². The Morgan fingerprint density at radius 1 is 1.41 bits per heavy atom. The third kappa shape index (κ3) is 3.60. The number of ether oxygens (including phenoxy) is 2. The van der Waals surface area contributed by atoms with Crippen molar-refractivity contribution in [2.45, 2.75) is 19.8 Å². The molecule has 5 nitrogen and oxygen atoms in total. The molecule has 0 unspecified atom stereocenters. The van der Waals surface area contributed by atoms with Crippen LogP contribution in [0.4, 0.5) is 11.4 Å². The molecule has 1 saturated heterocycles. The van der Waals surface area contributed by atoms with E-state index in [-0.39, 0.29) is 5.91 Å². The maximum Gasteiger partial charge on any atom is 0.247 e. The van der Waals surface area contributed by atoms with Crippen LogP contribution in [0.25, 0.3) is 0 Å². The summed E-state index contributed by atoms with van der Waals surface area (Å²) < 4.78 is 10.9. The summed E-state index contributed by atoms with van der Waals surface area (Å²) in [4.78, 5) is 14.0. The van der Waals surface area contributed by atoms with Crippen molar-refractivity contribution in [1.29, 1.82) is 0 Å². The lowest BCUT2D eigenvalue weighted by Crippen LogP contribution is -2.36. The maximum absolute atomic E-state index is 11.7. The highest BCUT2D eigenvalue weighted by molar-refractivity contribution is 6.01. The predicted molar refractivity (Wildman–Crippen MR) is 88.9 cm³/mol. The van der Waals surface area contributed by atoms with Crippen molar-refractivity contribution in [2.24, 2.45) is 0 Å². The molecule has 22 heavy (non-hydrogen) atoms. The monoisotopic (exact) mass is 304 g/mol. The molecule has 1 amide bonds. The standard InChI is InChI=1S/C17H24N2O3/c1-5-17(20)18-14-10-13(12(2)3)16(21-4)11-15(14)19-6-8-22-9-7-19/h5,10-12H,1,6-9H2,2-4H3,(H,18,20). The van der Waals surface area contributed by atoms with Crippen LogP contribution in [0.15, 0.2) is 24.8 Å². The minimum atomic E-state index is -0.214. The molecule has 0 aliphatic carbocycles. The molecular weight excluding hydrogens is 280 g/mol. The van der Waals surface area contributed by atoms with Gasteiger partial charge < -0.3 is 19.7 Å². The van der Waals surface area contributed by atoms with Crippen molar-refractivity contribution in [3.63, 3.8) is 0 Å². The van der Waals surface area contributed by atoms with Gasteiger partial charge in [-0.2, -0.15) is 0 Å². The molecule has 1 aliphatic rings. The predicted octanol–water partition coefficient (Wildman–Crippen LogP) is 2.78. The zero-order valence-corrected chi connectivity index (χ0v) is 13.5. The molecule has 1 heterocycles. The number of rotatable bonds is 5. The molecule has 120 valence electrons. The van der Waals surface area contributed by atoms with Crippen LogP contribution in [0.5, 0.6) is 5.75 Å². The first-order valence-electron chi connectivity index (χ1n) is 7.54. The second-order valence-electron chi connectivity index (χ2n) is 5.56. The number of carbonyl (C=O) groups excluding carboxylic acids is 1. The van der Waals surface area contributed by atoms with Crippen LogP contribution in [0, 0.1) is 0 Å². The smallest absolute Gasteiger partial charge is 0.247 e. The van der Waals surface area contributed by atoms with E-state index >= 15 is 0 Å². The molecule has 0 radical (unpaired) electrons. The Morgan fingerprint density at radius 2 is 2.09 bits per heavy atom. The summed E-state index contributed by atoms with van der Waals surface area (Å²) in [5, 5.41) is 2.91. The van der Waals surface area contributed by atoms with Crippen LogP contribution in [0.2, 0.25) is 0 Å². The minimum absolute atomic E-state index is 0.214. The Bertz CT molecular complexity index is 549. The van der Waals surface area contributed by atoms with Crippen molar-refractivity contribution in [1.82, 2.24) is 0 Å². The zero-order valence-electron chi connectivity index (χ0n) is 13.5. The number of nitrogens with one attached hydrogen (secondary N) is 1. The molecule has 1 aromatic carbocycles. The van der Waals surface area contributed by atoms with Crippen molar-refractivity contribution < 1.29 is 14.3 Å². The number of nitrogens with zero attached hydrogens (tertiary/aromatic N) is 1. The van der Waals surface area contributed by atoms with Crippen molar-refractivity contribution >= 4 is 17.3 Å². The number of amides is 1. The first-order chi connectivity index (χ1) is 10.6. The lowest BCUT2D eigenvalue weighted by molar-refractivity contribution is -0.111. The van der Waals surface area contributed by atoms with Crippen molar-refractivity contribution in [3.05, 3.63) is 30.4 Å². The summed E-state index contributed by atoms with van der Waals surface area (Å²) in [5.74, 6) is 0.926. The first kappa shape index (κ1) is 16.4. The summed E-state index contributed by atoms with van der Waals surface area (Å²) >= 11 is 0. The fourth-order valence-electron chi connectivity index (χ4n) is 2.56. The first-order valence-corrected chi connectivity index (χ1v) is 7.54. The van der Waals surface area contributed by atoms with Crippen LogP contribution in [0.1, 0.15) is 25.3 Å². The lowest BCUT2D eigenvalue weighted by atomic mass is 10.00. The largest absolute Gasteiger partial charge is 0.496 e.